The zero-order valence-electron chi connectivity index (χ0n) is 9.60. The molecule has 0 aromatic heterocycles. The molecule has 0 fully saturated rings. The van der Waals surface area contributed by atoms with E-state index >= 15 is 0 Å². The lowest BCUT2D eigenvalue weighted by Crippen LogP contribution is -1.99. The molecule has 88 valence electrons. The second kappa shape index (κ2) is 6.04. The van der Waals surface area contributed by atoms with Gasteiger partial charge in [-0.1, -0.05) is 36.4 Å². The maximum absolute atomic E-state index is 12.9. The molecule has 2 heteroatoms. The lowest BCUT2D eigenvalue weighted by molar-refractivity contribution is 0.309. The number of hydrogen-bond donors (Lipinski definition) is 0. The van der Waals surface area contributed by atoms with Gasteiger partial charge < -0.3 is 4.74 Å². The third-order valence-electron chi connectivity index (χ3n) is 2.52. The van der Waals surface area contributed by atoms with Crippen molar-refractivity contribution in [3.05, 3.63) is 66.0 Å². The van der Waals surface area contributed by atoms with Gasteiger partial charge in [0.05, 0.1) is 6.61 Å². The van der Waals surface area contributed by atoms with Crippen LogP contribution in [0.25, 0.3) is 0 Å². The van der Waals surface area contributed by atoms with Gasteiger partial charge in [0.1, 0.15) is 11.6 Å². The van der Waals surface area contributed by atoms with Gasteiger partial charge in [-0.3, -0.25) is 0 Å². The molecule has 0 heterocycles. The Morgan fingerprint density at radius 1 is 0.941 bits per heavy atom. The van der Waals surface area contributed by atoms with Crippen LogP contribution in [-0.2, 0) is 6.42 Å². The fourth-order valence-electron chi connectivity index (χ4n) is 1.67. The smallest absolute Gasteiger partial charge is 0.126 e. The van der Waals surface area contributed by atoms with Crippen LogP contribution < -0.4 is 4.74 Å². The summed E-state index contributed by atoms with van der Waals surface area (Å²) in [6, 6.07) is 16.5. The molecule has 2 rings (SSSR count). The monoisotopic (exact) mass is 230 g/mol. The van der Waals surface area contributed by atoms with Gasteiger partial charge in [0.2, 0.25) is 0 Å². The third-order valence-corrected chi connectivity index (χ3v) is 2.52. The van der Waals surface area contributed by atoms with Gasteiger partial charge in [-0.2, -0.15) is 0 Å². The van der Waals surface area contributed by atoms with E-state index in [1.54, 1.807) is 12.1 Å². The van der Waals surface area contributed by atoms with Gasteiger partial charge in [-0.15, -0.1) is 0 Å². The molecule has 17 heavy (non-hydrogen) atoms. The lowest BCUT2D eigenvalue weighted by atomic mass is 10.1. The predicted octanol–water partition coefficient (Wildman–Crippen LogP) is 3.84. The summed E-state index contributed by atoms with van der Waals surface area (Å²) in [5.41, 5.74) is 1.30. The predicted molar refractivity (Wildman–Crippen MR) is 66.7 cm³/mol. The Kier molecular flexibility index (Phi) is 4.14. The quantitative estimate of drug-likeness (QED) is 0.709. The van der Waals surface area contributed by atoms with Crippen LogP contribution in [0.4, 0.5) is 4.39 Å². The van der Waals surface area contributed by atoms with Gasteiger partial charge in [0.25, 0.3) is 0 Å². The average Bonchev–Trinajstić information content (AvgIpc) is 2.36. The van der Waals surface area contributed by atoms with Crippen LogP contribution in [-0.4, -0.2) is 6.61 Å². The number of benzene rings is 2. The van der Waals surface area contributed by atoms with E-state index in [9.17, 15) is 4.39 Å². The Labute approximate surface area is 101 Å². The summed E-state index contributed by atoms with van der Waals surface area (Å²) < 4.78 is 18.3. The Morgan fingerprint density at radius 3 is 2.53 bits per heavy atom. The first-order valence-corrected chi connectivity index (χ1v) is 5.77. The highest BCUT2D eigenvalue weighted by atomic mass is 19.1. The Bertz CT molecular complexity index is 453. The van der Waals surface area contributed by atoms with E-state index in [4.69, 9.17) is 4.74 Å². The Hall–Kier alpha value is -1.83. The molecule has 0 N–H and O–H groups in total. The topological polar surface area (TPSA) is 9.23 Å². The third kappa shape index (κ3) is 3.91. The molecule has 0 aliphatic heterocycles. The van der Waals surface area contributed by atoms with E-state index in [1.165, 1.54) is 17.7 Å². The largest absolute Gasteiger partial charge is 0.493 e. The molecule has 0 atom stereocenters. The zero-order chi connectivity index (χ0) is 11.9. The zero-order valence-corrected chi connectivity index (χ0v) is 9.60. The molecule has 0 aliphatic carbocycles. The van der Waals surface area contributed by atoms with Crippen LogP contribution >= 0.6 is 0 Å². The van der Waals surface area contributed by atoms with Crippen molar-refractivity contribution in [2.24, 2.45) is 0 Å². The normalized spacial score (nSPS) is 10.2. The SMILES string of the molecule is Fc1cccc(OCCCc2ccccc2)c1. The van der Waals surface area contributed by atoms with E-state index in [1.807, 2.05) is 18.2 Å². The number of halogens is 1. The van der Waals surface area contributed by atoms with Crippen molar-refractivity contribution in [2.45, 2.75) is 12.8 Å². The summed E-state index contributed by atoms with van der Waals surface area (Å²) in [5, 5.41) is 0. The van der Waals surface area contributed by atoms with Crippen LogP contribution in [0.3, 0.4) is 0 Å². The van der Waals surface area contributed by atoms with Crippen LogP contribution in [0.15, 0.2) is 54.6 Å². The van der Waals surface area contributed by atoms with Crippen molar-refractivity contribution < 1.29 is 9.13 Å². The highest BCUT2D eigenvalue weighted by molar-refractivity contribution is 5.22. The van der Waals surface area contributed by atoms with Gasteiger partial charge in [0, 0.05) is 6.07 Å². The summed E-state index contributed by atoms with van der Waals surface area (Å²) >= 11 is 0. The number of hydrogen-bond acceptors (Lipinski definition) is 1. The standard InChI is InChI=1S/C15H15FO/c16-14-9-4-10-15(12-14)17-11-5-8-13-6-2-1-3-7-13/h1-4,6-7,9-10,12H,5,8,11H2. The van der Waals surface area contributed by atoms with E-state index < -0.39 is 0 Å². The first-order chi connectivity index (χ1) is 8.34. The fourth-order valence-corrected chi connectivity index (χ4v) is 1.67. The van der Waals surface area contributed by atoms with Crippen molar-refractivity contribution in [3.63, 3.8) is 0 Å². The van der Waals surface area contributed by atoms with Gasteiger partial charge in [-0.25, -0.2) is 4.39 Å². The van der Waals surface area contributed by atoms with Crippen LogP contribution in [0, 0.1) is 5.82 Å². The van der Waals surface area contributed by atoms with E-state index in [2.05, 4.69) is 12.1 Å². The minimum atomic E-state index is -0.259. The summed E-state index contributed by atoms with van der Waals surface area (Å²) in [7, 11) is 0. The highest BCUT2D eigenvalue weighted by Crippen LogP contribution is 2.12. The average molecular weight is 230 g/mol. The molecule has 2 aromatic rings. The minimum absolute atomic E-state index is 0.259. The number of aryl methyl sites for hydroxylation is 1. The van der Waals surface area contributed by atoms with Crippen molar-refractivity contribution in [1.82, 2.24) is 0 Å². The maximum atomic E-state index is 12.9. The Balaban J connectivity index is 1.73. The molecule has 1 nitrogen and oxygen atoms in total. The number of rotatable bonds is 5. The van der Waals surface area contributed by atoms with Crippen LogP contribution in [0.5, 0.6) is 5.75 Å². The summed E-state index contributed by atoms with van der Waals surface area (Å²) in [5.74, 6) is 0.337. The molecular weight excluding hydrogens is 215 g/mol. The lowest BCUT2D eigenvalue weighted by Gasteiger charge is -2.06. The van der Waals surface area contributed by atoms with E-state index in [-0.39, 0.29) is 5.82 Å². The molecule has 0 saturated carbocycles. The molecule has 0 unspecified atom stereocenters. The molecular formula is C15H15FO. The van der Waals surface area contributed by atoms with Crippen LogP contribution in [0.2, 0.25) is 0 Å². The first-order valence-electron chi connectivity index (χ1n) is 5.77. The van der Waals surface area contributed by atoms with Crippen molar-refractivity contribution in [1.29, 1.82) is 0 Å². The molecule has 2 aromatic carbocycles. The number of ether oxygens (including phenoxy) is 1. The second-order valence-corrected chi connectivity index (χ2v) is 3.89. The van der Waals surface area contributed by atoms with Gasteiger partial charge in [-0.05, 0) is 30.5 Å². The first kappa shape index (κ1) is 11.6. The second-order valence-electron chi connectivity index (χ2n) is 3.89. The molecule has 0 radical (unpaired) electrons. The molecule has 0 bridgehead atoms. The molecule has 0 aliphatic rings. The molecule has 0 amide bonds. The fraction of sp³-hybridized carbons (Fsp3) is 0.200. The maximum Gasteiger partial charge on any atom is 0.126 e. The van der Waals surface area contributed by atoms with Crippen molar-refractivity contribution in [3.8, 4) is 5.75 Å². The summed E-state index contributed by atoms with van der Waals surface area (Å²) in [6.45, 7) is 0.609. The summed E-state index contributed by atoms with van der Waals surface area (Å²) in [4.78, 5) is 0. The minimum Gasteiger partial charge on any atom is -0.493 e. The van der Waals surface area contributed by atoms with Crippen LogP contribution in [0.1, 0.15) is 12.0 Å². The van der Waals surface area contributed by atoms with E-state index in [0.717, 1.165) is 12.8 Å². The summed E-state index contributed by atoms with van der Waals surface area (Å²) in [6.07, 6.45) is 1.91. The van der Waals surface area contributed by atoms with Crippen molar-refractivity contribution >= 4 is 0 Å². The van der Waals surface area contributed by atoms with Gasteiger partial charge in [0.15, 0.2) is 0 Å². The van der Waals surface area contributed by atoms with Gasteiger partial charge >= 0.3 is 0 Å². The molecule has 0 saturated heterocycles. The van der Waals surface area contributed by atoms with Crippen molar-refractivity contribution in [2.75, 3.05) is 6.61 Å². The Morgan fingerprint density at radius 2 is 1.76 bits per heavy atom. The highest BCUT2D eigenvalue weighted by Gasteiger charge is 1.96. The van der Waals surface area contributed by atoms with E-state index in [0.29, 0.717) is 12.4 Å². The molecule has 0 spiro atoms.